The monoisotopic (exact) mass is 286 g/mol. The van der Waals surface area contributed by atoms with Gasteiger partial charge < -0.3 is 19.8 Å². The number of nitrogens with zero attached hydrogens (tertiary/aromatic N) is 1. The average Bonchev–Trinajstić information content (AvgIpc) is 2.95. The first kappa shape index (κ1) is 13.7. The number of furan rings is 1. The van der Waals surface area contributed by atoms with E-state index < -0.39 is 5.97 Å². The van der Waals surface area contributed by atoms with Crippen molar-refractivity contribution in [3.05, 3.63) is 53.5 Å². The molecule has 1 aliphatic rings. The number of methoxy groups -OCH3 is 1. The molecule has 1 aromatic heterocycles. The summed E-state index contributed by atoms with van der Waals surface area (Å²) >= 11 is 0. The molecule has 1 atom stereocenters. The summed E-state index contributed by atoms with van der Waals surface area (Å²) in [4.78, 5) is 13.6. The number of hydrogen-bond donors (Lipinski definition) is 1. The molecule has 0 amide bonds. The van der Waals surface area contributed by atoms with Gasteiger partial charge in [-0.3, -0.25) is 0 Å². The van der Waals surface area contributed by atoms with E-state index in [0.717, 1.165) is 18.7 Å². The summed E-state index contributed by atoms with van der Waals surface area (Å²) in [6, 6.07) is 11.8. The van der Waals surface area contributed by atoms with Crippen molar-refractivity contribution in [1.82, 2.24) is 0 Å². The SMILES string of the molecule is COC(=O)c1ccc(CN2CC(N)Cc3ccccc32)o1. The maximum atomic E-state index is 11.4. The van der Waals surface area contributed by atoms with E-state index >= 15 is 0 Å². The molecule has 21 heavy (non-hydrogen) atoms. The van der Waals surface area contributed by atoms with E-state index in [4.69, 9.17) is 10.2 Å². The molecule has 2 N–H and O–H groups in total. The van der Waals surface area contributed by atoms with Crippen molar-refractivity contribution in [3.8, 4) is 0 Å². The van der Waals surface area contributed by atoms with Crippen LogP contribution in [0.4, 0.5) is 5.69 Å². The highest BCUT2D eigenvalue weighted by molar-refractivity contribution is 5.86. The number of rotatable bonds is 3. The molecular formula is C16H18N2O3. The van der Waals surface area contributed by atoms with Crippen molar-refractivity contribution >= 4 is 11.7 Å². The van der Waals surface area contributed by atoms with Gasteiger partial charge in [0.05, 0.1) is 13.7 Å². The number of nitrogens with two attached hydrogens (primary N) is 1. The maximum absolute atomic E-state index is 11.4. The van der Waals surface area contributed by atoms with Gasteiger partial charge in [-0.25, -0.2) is 4.79 Å². The Kier molecular flexibility index (Phi) is 3.66. The lowest BCUT2D eigenvalue weighted by Gasteiger charge is -2.34. The lowest BCUT2D eigenvalue weighted by atomic mass is 9.98. The van der Waals surface area contributed by atoms with Crippen molar-refractivity contribution in [3.63, 3.8) is 0 Å². The van der Waals surface area contributed by atoms with Crippen LogP contribution in [0.5, 0.6) is 0 Å². The van der Waals surface area contributed by atoms with Crippen molar-refractivity contribution in [1.29, 1.82) is 0 Å². The van der Waals surface area contributed by atoms with Crippen LogP contribution < -0.4 is 10.6 Å². The van der Waals surface area contributed by atoms with Crippen molar-refractivity contribution in [2.45, 2.75) is 19.0 Å². The number of ether oxygens (including phenoxy) is 1. The Balaban J connectivity index is 1.82. The summed E-state index contributed by atoms with van der Waals surface area (Å²) in [5.41, 5.74) is 8.54. The fourth-order valence-corrected chi connectivity index (χ4v) is 2.73. The van der Waals surface area contributed by atoms with E-state index in [1.807, 2.05) is 12.1 Å². The Morgan fingerprint density at radius 1 is 1.38 bits per heavy atom. The predicted molar refractivity (Wildman–Crippen MR) is 79.2 cm³/mol. The van der Waals surface area contributed by atoms with E-state index in [0.29, 0.717) is 6.54 Å². The number of carbonyl (C=O) groups is 1. The first-order valence-electron chi connectivity index (χ1n) is 6.93. The normalized spacial score (nSPS) is 17.4. The van der Waals surface area contributed by atoms with Gasteiger partial charge in [-0.1, -0.05) is 18.2 Å². The molecule has 0 bridgehead atoms. The van der Waals surface area contributed by atoms with Crippen molar-refractivity contribution < 1.29 is 13.9 Å². The number of hydrogen-bond acceptors (Lipinski definition) is 5. The largest absolute Gasteiger partial charge is 0.463 e. The zero-order valence-electron chi connectivity index (χ0n) is 11.9. The molecule has 0 radical (unpaired) electrons. The topological polar surface area (TPSA) is 68.7 Å². The van der Waals surface area contributed by atoms with Gasteiger partial charge in [0.2, 0.25) is 5.76 Å². The van der Waals surface area contributed by atoms with Crippen molar-refractivity contribution in [2.75, 3.05) is 18.6 Å². The highest BCUT2D eigenvalue weighted by atomic mass is 16.5. The van der Waals surface area contributed by atoms with E-state index in [-0.39, 0.29) is 11.8 Å². The van der Waals surface area contributed by atoms with Crippen LogP contribution in [0, 0.1) is 0 Å². The summed E-state index contributed by atoms with van der Waals surface area (Å²) in [5.74, 6) is 0.485. The summed E-state index contributed by atoms with van der Waals surface area (Å²) < 4.78 is 10.2. The van der Waals surface area contributed by atoms with Crippen LogP contribution in [-0.4, -0.2) is 25.7 Å². The number of anilines is 1. The van der Waals surface area contributed by atoms with Crippen LogP contribution in [-0.2, 0) is 17.7 Å². The molecule has 0 saturated carbocycles. The smallest absolute Gasteiger partial charge is 0.373 e. The van der Waals surface area contributed by atoms with Gasteiger partial charge in [-0.15, -0.1) is 0 Å². The summed E-state index contributed by atoms with van der Waals surface area (Å²) in [5, 5.41) is 0. The standard InChI is InChI=1S/C16H18N2O3/c1-20-16(19)15-7-6-13(21-15)10-18-9-12(17)8-11-4-2-3-5-14(11)18/h2-7,12H,8-10,17H2,1H3. The van der Waals surface area contributed by atoms with E-state index in [1.54, 1.807) is 12.1 Å². The molecule has 110 valence electrons. The Bertz CT molecular complexity index is 650. The molecule has 0 saturated heterocycles. The second-order valence-electron chi connectivity index (χ2n) is 5.23. The first-order valence-corrected chi connectivity index (χ1v) is 6.93. The van der Waals surface area contributed by atoms with Crippen molar-refractivity contribution in [2.24, 2.45) is 5.73 Å². The van der Waals surface area contributed by atoms with E-state index in [2.05, 4.69) is 21.8 Å². The van der Waals surface area contributed by atoms with Gasteiger partial charge in [0.1, 0.15) is 5.76 Å². The molecule has 1 unspecified atom stereocenters. The van der Waals surface area contributed by atoms with Crippen LogP contribution >= 0.6 is 0 Å². The third kappa shape index (κ3) is 2.78. The molecule has 0 spiro atoms. The fourth-order valence-electron chi connectivity index (χ4n) is 2.73. The Labute approximate surface area is 123 Å². The molecule has 1 aromatic carbocycles. The number of benzene rings is 1. The lowest BCUT2D eigenvalue weighted by Crippen LogP contribution is -2.42. The van der Waals surface area contributed by atoms with Crippen LogP contribution in [0.1, 0.15) is 21.9 Å². The van der Waals surface area contributed by atoms with Crippen LogP contribution in [0.15, 0.2) is 40.8 Å². The summed E-state index contributed by atoms with van der Waals surface area (Å²) in [7, 11) is 1.34. The number of para-hydroxylation sites is 1. The maximum Gasteiger partial charge on any atom is 0.373 e. The molecule has 3 rings (SSSR count). The first-order chi connectivity index (χ1) is 10.2. The molecule has 1 aliphatic heterocycles. The lowest BCUT2D eigenvalue weighted by molar-refractivity contribution is 0.0563. The Hall–Kier alpha value is -2.27. The molecule has 5 nitrogen and oxygen atoms in total. The van der Waals surface area contributed by atoms with Crippen LogP contribution in [0.25, 0.3) is 0 Å². The minimum atomic E-state index is -0.461. The molecule has 5 heteroatoms. The number of esters is 1. The third-order valence-corrected chi connectivity index (χ3v) is 3.66. The minimum absolute atomic E-state index is 0.106. The van der Waals surface area contributed by atoms with Gasteiger partial charge in [0, 0.05) is 18.3 Å². The average molecular weight is 286 g/mol. The third-order valence-electron chi connectivity index (χ3n) is 3.66. The Morgan fingerprint density at radius 3 is 3.00 bits per heavy atom. The molecular weight excluding hydrogens is 268 g/mol. The van der Waals surface area contributed by atoms with Crippen LogP contribution in [0.3, 0.4) is 0 Å². The fraction of sp³-hybridized carbons (Fsp3) is 0.312. The summed E-state index contributed by atoms with van der Waals surface area (Å²) in [6.45, 7) is 1.35. The molecule has 2 heterocycles. The van der Waals surface area contributed by atoms with Gasteiger partial charge >= 0.3 is 5.97 Å². The van der Waals surface area contributed by atoms with Gasteiger partial charge in [-0.05, 0) is 30.2 Å². The molecule has 0 aliphatic carbocycles. The molecule has 2 aromatic rings. The second-order valence-corrected chi connectivity index (χ2v) is 5.23. The number of fused-ring (bicyclic) bond motifs is 1. The predicted octanol–water partition coefficient (Wildman–Crippen LogP) is 1.96. The second kappa shape index (κ2) is 5.61. The van der Waals surface area contributed by atoms with E-state index in [9.17, 15) is 4.79 Å². The van der Waals surface area contributed by atoms with Gasteiger partial charge in [0.15, 0.2) is 0 Å². The highest BCUT2D eigenvalue weighted by Crippen LogP contribution is 2.28. The zero-order chi connectivity index (χ0) is 14.8. The zero-order valence-corrected chi connectivity index (χ0v) is 11.9. The van der Waals surface area contributed by atoms with Gasteiger partial charge in [-0.2, -0.15) is 0 Å². The Morgan fingerprint density at radius 2 is 2.19 bits per heavy atom. The van der Waals surface area contributed by atoms with E-state index in [1.165, 1.54) is 18.4 Å². The highest BCUT2D eigenvalue weighted by Gasteiger charge is 2.23. The van der Waals surface area contributed by atoms with Gasteiger partial charge in [0.25, 0.3) is 0 Å². The molecule has 0 fully saturated rings. The number of carbonyl (C=O) groups excluding carboxylic acids is 1. The minimum Gasteiger partial charge on any atom is -0.463 e. The quantitative estimate of drug-likeness (QED) is 0.873. The van der Waals surface area contributed by atoms with Crippen LogP contribution in [0.2, 0.25) is 0 Å². The summed E-state index contributed by atoms with van der Waals surface area (Å²) in [6.07, 6.45) is 0.887.